The van der Waals surface area contributed by atoms with Crippen LogP contribution in [0, 0.1) is 17.0 Å². The second kappa shape index (κ2) is 12.4. The fraction of sp³-hybridized carbons (Fsp3) is 0.435. The Kier molecular flexibility index (Phi) is 9.91. The van der Waals surface area contributed by atoms with E-state index in [9.17, 15) is 14.9 Å². The highest BCUT2D eigenvalue weighted by atomic mass is 35.5. The lowest BCUT2D eigenvalue weighted by Gasteiger charge is -2.24. The van der Waals surface area contributed by atoms with Crippen LogP contribution in [0.15, 0.2) is 42.5 Å². The lowest BCUT2D eigenvalue weighted by atomic mass is 10.2. The van der Waals surface area contributed by atoms with E-state index in [1.54, 1.807) is 18.2 Å². The van der Waals surface area contributed by atoms with Crippen LogP contribution in [0.3, 0.4) is 0 Å². The molecule has 0 unspecified atom stereocenters. The number of nitro benzene ring substituents is 1. The van der Waals surface area contributed by atoms with E-state index in [0.717, 1.165) is 43.7 Å². The maximum atomic E-state index is 12.8. The SMILES string of the molecule is CCN(CC)CCCN(CC(=O)Nc1c(C)cccc1Cl)Cc1ccc([N+](=O)[O-])cc1. The summed E-state index contributed by atoms with van der Waals surface area (Å²) in [5.41, 5.74) is 2.52. The molecule has 0 atom stereocenters. The molecular formula is C23H31ClN4O3. The molecule has 0 radical (unpaired) electrons. The van der Waals surface area contributed by atoms with E-state index >= 15 is 0 Å². The van der Waals surface area contributed by atoms with Gasteiger partial charge in [0.1, 0.15) is 0 Å². The summed E-state index contributed by atoms with van der Waals surface area (Å²) in [5.74, 6) is -0.138. The number of carbonyl (C=O) groups is 1. The average molecular weight is 447 g/mol. The Morgan fingerprint density at radius 3 is 2.29 bits per heavy atom. The molecule has 1 amide bonds. The molecule has 0 aliphatic heterocycles. The van der Waals surface area contributed by atoms with Gasteiger partial charge in [-0.3, -0.25) is 19.8 Å². The van der Waals surface area contributed by atoms with Crippen molar-refractivity contribution < 1.29 is 9.72 Å². The minimum atomic E-state index is -0.412. The van der Waals surface area contributed by atoms with E-state index in [1.165, 1.54) is 12.1 Å². The molecule has 168 valence electrons. The van der Waals surface area contributed by atoms with Gasteiger partial charge in [0, 0.05) is 25.2 Å². The number of aryl methyl sites for hydroxylation is 1. The predicted octanol–water partition coefficient (Wildman–Crippen LogP) is 4.73. The number of carbonyl (C=O) groups excluding carboxylic acids is 1. The van der Waals surface area contributed by atoms with E-state index in [0.29, 0.717) is 17.3 Å². The van der Waals surface area contributed by atoms with Crippen LogP contribution in [-0.4, -0.2) is 53.4 Å². The molecule has 31 heavy (non-hydrogen) atoms. The van der Waals surface area contributed by atoms with Gasteiger partial charge in [-0.05, 0) is 50.2 Å². The molecule has 8 heteroatoms. The van der Waals surface area contributed by atoms with Gasteiger partial charge in [-0.15, -0.1) is 0 Å². The number of halogens is 1. The Morgan fingerprint density at radius 1 is 1.06 bits per heavy atom. The van der Waals surface area contributed by atoms with Gasteiger partial charge >= 0.3 is 0 Å². The number of rotatable bonds is 12. The molecule has 0 bridgehead atoms. The first-order chi connectivity index (χ1) is 14.8. The van der Waals surface area contributed by atoms with Gasteiger partial charge in [0.05, 0.1) is 22.2 Å². The van der Waals surface area contributed by atoms with Gasteiger partial charge in [-0.2, -0.15) is 0 Å². The summed E-state index contributed by atoms with van der Waals surface area (Å²) in [6, 6.07) is 12.0. The van der Waals surface area contributed by atoms with Crippen LogP contribution < -0.4 is 5.32 Å². The summed E-state index contributed by atoms with van der Waals surface area (Å²) in [7, 11) is 0. The third-order valence-corrected chi connectivity index (χ3v) is 5.56. The van der Waals surface area contributed by atoms with Crippen molar-refractivity contribution in [3.05, 3.63) is 68.7 Å². The summed E-state index contributed by atoms with van der Waals surface area (Å²) in [6.07, 6.45) is 0.924. The van der Waals surface area contributed by atoms with E-state index in [2.05, 4.69) is 29.0 Å². The van der Waals surface area contributed by atoms with Crippen molar-refractivity contribution in [3.8, 4) is 0 Å². The molecule has 2 aromatic carbocycles. The van der Waals surface area contributed by atoms with Gasteiger partial charge in [0.25, 0.3) is 5.69 Å². The van der Waals surface area contributed by atoms with Gasteiger partial charge in [-0.1, -0.05) is 49.7 Å². The zero-order chi connectivity index (χ0) is 22.8. The summed E-state index contributed by atoms with van der Waals surface area (Å²) < 4.78 is 0. The molecule has 0 saturated carbocycles. The van der Waals surface area contributed by atoms with E-state index in [-0.39, 0.29) is 18.1 Å². The minimum Gasteiger partial charge on any atom is -0.323 e. The lowest BCUT2D eigenvalue weighted by molar-refractivity contribution is -0.384. The Morgan fingerprint density at radius 2 is 1.71 bits per heavy atom. The van der Waals surface area contributed by atoms with Crippen molar-refractivity contribution in [1.29, 1.82) is 0 Å². The standard InChI is InChI=1S/C23H31ClN4O3/c1-4-26(5-2)14-7-15-27(16-19-10-12-20(13-11-19)28(30)31)17-22(29)25-23-18(3)8-6-9-21(23)24/h6,8-13H,4-5,7,14-17H2,1-3H3,(H,25,29). The number of amides is 1. The molecule has 0 aromatic heterocycles. The first-order valence-electron chi connectivity index (χ1n) is 10.6. The monoisotopic (exact) mass is 446 g/mol. The van der Waals surface area contributed by atoms with Crippen LogP contribution in [0.1, 0.15) is 31.4 Å². The van der Waals surface area contributed by atoms with Crippen molar-refractivity contribution in [1.82, 2.24) is 9.80 Å². The number of nitro groups is 1. The van der Waals surface area contributed by atoms with Crippen molar-refractivity contribution >= 4 is 28.9 Å². The first kappa shape index (κ1) is 24.8. The number of anilines is 1. The maximum absolute atomic E-state index is 12.8. The topological polar surface area (TPSA) is 78.7 Å². The second-order valence-corrected chi connectivity index (χ2v) is 7.90. The van der Waals surface area contributed by atoms with Crippen LogP contribution >= 0.6 is 11.6 Å². The first-order valence-corrected chi connectivity index (χ1v) is 10.9. The molecule has 2 rings (SSSR count). The van der Waals surface area contributed by atoms with Crippen molar-refractivity contribution in [3.63, 3.8) is 0 Å². The Hall–Kier alpha value is -2.48. The van der Waals surface area contributed by atoms with Gasteiger partial charge in [0.2, 0.25) is 5.91 Å². The predicted molar refractivity (Wildman–Crippen MR) is 126 cm³/mol. The summed E-state index contributed by atoms with van der Waals surface area (Å²) in [6.45, 7) is 10.6. The highest BCUT2D eigenvalue weighted by Gasteiger charge is 2.15. The number of para-hydroxylation sites is 1. The van der Waals surface area contributed by atoms with Crippen LogP contribution in [0.25, 0.3) is 0 Å². The summed E-state index contributed by atoms with van der Waals surface area (Å²) in [5, 5.41) is 14.3. The fourth-order valence-corrected chi connectivity index (χ4v) is 3.69. The third kappa shape index (κ3) is 7.94. The molecule has 0 aliphatic rings. The Balaban J connectivity index is 2.06. The zero-order valence-corrected chi connectivity index (χ0v) is 19.2. The summed E-state index contributed by atoms with van der Waals surface area (Å²) in [4.78, 5) is 27.7. The minimum absolute atomic E-state index is 0.0590. The quantitative estimate of drug-likeness (QED) is 0.376. The zero-order valence-electron chi connectivity index (χ0n) is 18.4. The Labute approximate surface area is 189 Å². The normalized spacial score (nSPS) is 11.2. The third-order valence-electron chi connectivity index (χ3n) is 5.25. The smallest absolute Gasteiger partial charge is 0.269 e. The Bertz CT molecular complexity index is 849. The summed E-state index contributed by atoms with van der Waals surface area (Å²) >= 11 is 6.24. The van der Waals surface area contributed by atoms with E-state index < -0.39 is 4.92 Å². The molecule has 2 aromatic rings. The highest BCUT2D eigenvalue weighted by molar-refractivity contribution is 6.33. The number of nitrogens with zero attached hydrogens (tertiary/aromatic N) is 3. The van der Waals surface area contributed by atoms with Crippen LogP contribution in [0.2, 0.25) is 5.02 Å². The second-order valence-electron chi connectivity index (χ2n) is 7.49. The molecule has 0 aliphatic carbocycles. The maximum Gasteiger partial charge on any atom is 0.269 e. The average Bonchev–Trinajstić information content (AvgIpc) is 2.74. The molecule has 0 spiro atoms. The van der Waals surface area contributed by atoms with Gasteiger partial charge < -0.3 is 10.2 Å². The number of hydrogen-bond acceptors (Lipinski definition) is 5. The van der Waals surface area contributed by atoms with E-state index in [4.69, 9.17) is 11.6 Å². The number of nitrogens with one attached hydrogen (secondary N) is 1. The van der Waals surface area contributed by atoms with E-state index in [1.807, 2.05) is 19.1 Å². The fourth-order valence-electron chi connectivity index (χ4n) is 3.43. The van der Waals surface area contributed by atoms with Crippen LogP contribution in [0.4, 0.5) is 11.4 Å². The van der Waals surface area contributed by atoms with Crippen LogP contribution in [-0.2, 0) is 11.3 Å². The molecule has 0 fully saturated rings. The van der Waals surface area contributed by atoms with Gasteiger partial charge in [0.15, 0.2) is 0 Å². The van der Waals surface area contributed by atoms with Gasteiger partial charge in [-0.25, -0.2) is 0 Å². The van der Waals surface area contributed by atoms with Crippen LogP contribution in [0.5, 0.6) is 0 Å². The molecule has 0 saturated heterocycles. The molecule has 7 nitrogen and oxygen atoms in total. The van der Waals surface area contributed by atoms with Crippen molar-refractivity contribution in [2.75, 3.05) is 38.0 Å². The highest BCUT2D eigenvalue weighted by Crippen LogP contribution is 2.25. The van der Waals surface area contributed by atoms with Crippen molar-refractivity contribution in [2.24, 2.45) is 0 Å². The largest absolute Gasteiger partial charge is 0.323 e. The molecule has 1 N–H and O–H groups in total. The number of non-ortho nitro benzene ring substituents is 1. The lowest BCUT2D eigenvalue weighted by Crippen LogP contribution is -2.35. The number of hydrogen-bond donors (Lipinski definition) is 1. The van der Waals surface area contributed by atoms with Crippen molar-refractivity contribution in [2.45, 2.75) is 33.7 Å². The molecule has 0 heterocycles. The number of benzene rings is 2. The molecular weight excluding hydrogens is 416 g/mol.